The van der Waals surface area contributed by atoms with Gasteiger partial charge in [0, 0.05) is 16.2 Å². The van der Waals surface area contributed by atoms with Crippen molar-refractivity contribution in [2.24, 2.45) is 0 Å². The maximum Gasteiger partial charge on any atom is 0.123 e. The number of benzene rings is 1. The average Bonchev–Trinajstić information content (AvgIpc) is 2.96. The van der Waals surface area contributed by atoms with Gasteiger partial charge in [0.1, 0.15) is 11.9 Å². The van der Waals surface area contributed by atoms with E-state index in [0.29, 0.717) is 0 Å². The van der Waals surface area contributed by atoms with Crippen LogP contribution < -0.4 is 10.1 Å². The molecule has 0 spiro atoms. The molecule has 1 N–H and O–H groups in total. The first-order valence-corrected chi connectivity index (χ1v) is 7.08. The van der Waals surface area contributed by atoms with Gasteiger partial charge in [-0.15, -0.1) is 11.3 Å². The Bertz CT molecular complexity index is 524. The Balaban J connectivity index is 1.83. The molecule has 0 amide bonds. The SMILES string of the molecule is CNC(c1ccc(C)s1)C1Cc2ccccc2O1. The zero-order valence-corrected chi connectivity index (χ0v) is 11.5. The van der Waals surface area contributed by atoms with E-state index < -0.39 is 0 Å². The third-order valence-electron chi connectivity index (χ3n) is 3.42. The molecule has 0 saturated carbocycles. The van der Waals surface area contributed by atoms with Crippen LogP contribution >= 0.6 is 11.3 Å². The Morgan fingerprint density at radius 2 is 2.11 bits per heavy atom. The van der Waals surface area contributed by atoms with E-state index in [1.165, 1.54) is 15.3 Å². The van der Waals surface area contributed by atoms with E-state index in [2.05, 4.69) is 42.6 Å². The zero-order valence-electron chi connectivity index (χ0n) is 10.6. The fourth-order valence-corrected chi connectivity index (χ4v) is 3.57. The fourth-order valence-electron chi connectivity index (χ4n) is 2.53. The number of ether oxygens (including phenoxy) is 1. The summed E-state index contributed by atoms with van der Waals surface area (Å²) in [6, 6.07) is 13.0. The van der Waals surface area contributed by atoms with Crippen LogP contribution in [0, 0.1) is 6.92 Å². The smallest absolute Gasteiger partial charge is 0.123 e. The molecule has 3 rings (SSSR count). The van der Waals surface area contributed by atoms with Crippen molar-refractivity contribution in [1.29, 1.82) is 0 Å². The van der Waals surface area contributed by atoms with Gasteiger partial charge in [0.25, 0.3) is 0 Å². The first-order valence-electron chi connectivity index (χ1n) is 6.26. The number of fused-ring (bicyclic) bond motifs is 1. The van der Waals surface area contributed by atoms with Gasteiger partial charge in [-0.3, -0.25) is 0 Å². The van der Waals surface area contributed by atoms with Gasteiger partial charge >= 0.3 is 0 Å². The lowest BCUT2D eigenvalue weighted by Gasteiger charge is -2.21. The molecule has 0 radical (unpaired) electrons. The Morgan fingerprint density at radius 3 is 2.78 bits per heavy atom. The highest BCUT2D eigenvalue weighted by atomic mass is 32.1. The molecule has 2 atom stereocenters. The molecule has 2 unspecified atom stereocenters. The molecule has 18 heavy (non-hydrogen) atoms. The highest BCUT2D eigenvalue weighted by Crippen LogP contribution is 2.35. The lowest BCUT2D eigenvalue weighted by atomic mass is 10.0. The van der Waals surface area contributed by atoms with E-state index in [-0.39, 0.29) is 12.1 Å². The third kappa shape index (κ3) is 2.04. The van der Waals surface area contributed by atoms with E-state index in [1.807, 2.05) is 24.5 Å². The molecular weight excluding hydrogens is 242 g/mol. The molecule has 0 fully saturated rings. The first-order chi connectivity index (χ1) is 8.78. The predicted octanol–water partition coefficient (Wildman–Crippen LogP) is 3.32. The zero-order chi connectivity index (χ0) is 12.5. The minimum atomic E-state index is 0.199. The summed E-state index contributed by atoms with van der Waals surface area (Å²) in [7, 11) is 2.01. The second-order valence-electron chi connectivity index (χ2n) is 4.68. The van der Waals surface area contributed by atoms with Crippen molar-refractivity contribution in [3.63, 3.8) is 0 Å². The monoisotopic (exact) mass is 259 g/mol. The second kappa shape index (κ2) is 4.75. The van der Waals surface area contributed by atoms with Crippen LogP contribution in [0.2, 0.25) is 0 Å². The van der Waals surface area contributed by atoms with Crippen molar-refractivity contribution in [3.05, 3.63) is 51.7 Å². The molecule has 2 nitrogen and oxygen atoms in total. The second-order valence-corrected chi connectivity index (χ2v) is 6.00. The molecule has 1 aliphatic heterocycles. The van der Waals surface area contributed by atoms with E-state index in [1.54, 1.807) is 0 Å². The molecule has 94 valence electrons. The minimum Gasteiger partial charge on any atom is -0.488 e. The van der Waals surface area contributed by atoms with Crippen LogP contribution in [0.15, 0.2) is 36.4 Å². The van der Waals surface area contributed by atoms with Crippen molar-refractivity contribution < 1.29 is 4.74 Å². The highest BCUT2D eigenvalue weighted by molar-refractivity contribution is 7.12. The molecule has 1 aliphatic rings. The third-order valence-corrected chi connectivity index (χ3v) is 4.51. The Morgan fingerprint density at radius 1 is 1.28 bits per heavy atom. The van der Waals surface area contributed by atoms with Crippen LogP contribution in [0.5, 0.6) is 5.75 Å². The van der Waals surface area contributed by atoms with Crippen molar-refractivity contribution in [1.82, 2.24) is 5.32 Å². The number of para-hydroxylation sites is 1. The normalized spacial score (nSPS) is 19.3. The van der Waals surface area contributed by atoms with Gasteiger partial charge < -0.3 is 10.1 Å². The summed E-state index contributed by atoms with van der Waals surface area (Å²) in [5, 5.41) is 3.39. The molecule has 0 saturated heterocycles. The summed E-state index contributed by atoms with van der Waals surface area (Å²) in [4.78, 5) is 2.70. The fraction of sp³-hybridized carbons (Fsp3) is 0.333. The number of aryl methyl sites for hydroxylation is 1. The Hall–Kier alpha value is -1.32. The average molecular weight is 259 g/mol. The number of nitrogens with one attached hydrogen (secondary N) is 1. The number of likely N-dealkylation sites (N-methyl/N-ethyl adjacent to an activating group) is 1. The van der Waals surface area contributed by atoms with Crippen LogP contribution in [-0.4, -0.2) is 13.2 Å². The summed E-state index contributed by atoms with van der Waals surface area (Å²) in [6.45, 7) is 2.14. The van der Waals surface area contributed by atoms with Gasteiger partial charge in [-0.25, -0.2) is 0 Å². The van der Waals surface area contributed by atoms with E-state index >= 15 is 0 Å². The first kappa shape index (κ1) is 11.8. The number of hydrogen-bond donors (Lipinski definition) is 1. The summed E-state index contributed by atoms with van der Waals surface area (Å²) in [5.41, 5.74) is 1.32. The van der Waals surface area contributed by atoms with Gasteiger partial charge in [-0.05, 0) is 37.7 Å². The summed E-state index contributed by atoms with van der Waals surface area (Å²) in [6.07, 6.45) is 1.18. The molecule has 2 heterocycles. The van der Waals surface area contributed by atoms with Crippen LogP contribution in [-0.2, 0) is 6.42 Å². The van der Waals surface area contributed by atoms with Crippen molar-refractivity contribution >= 4 is 11.3 Å². The Labute approximate surface area is 112 Å². The Kier molecular flexibility index (Phi) is 3.10. The predicted molar refractivity (Wildman–Crippen MR) is 75.4 cm³/mol. The highest BCUT2D eigenvalue weighted by Gasteiger charge is 2.30. The maximum atomic E-state index is 6.07. The van der Waals surface area contributed by atoms with E-state index in [9.17, 15) is 0 Å². The van der Waals surface area contributed by atoms with Crippen LogP contribution in [0.1, 0.15) is 21.4 Å². The molecule has 2 aromatic rings. The van der Waals surface area contributed by atoms with Gasteiger partial charge in [-0.2, -0.15) is 0 Å². The van der Waals surface area contributed by atoms with Crippen LogP contribution in [0.4, 0.5) is 0 Å². The van der Waals surface area contributed by atoms with Crippen LogP contribution in [0.3, 0.4) is 0 Å². The number of thiophene rings is 1. The minimum absolute atomic E-state index is 0.199. The van der Waals surface area contributed by atoms with Gasteiger partial charge in [-0.1, -0.05) is 18.2 Å². The van der Waals surface area contributed by atoms with Gasteiger partial charge in [0.2, 0.25) is 0 Å². The van der Waals surface area contributed by atoms with Crippen molar-refractivity contribution in [2.45, 2.75) is 25.5 Å². The lowest BCUT2D eigenvalue weighted by Crippen LogP contribution is -2.32. The largest absolute Gasteiger partial charge is 0.488 e. The molecule has 1 aromatic carbocycles. The van der Waals surface area contributed by atoms with Crippen LogP contribution in [0.25, 0.3) is 0 Å². The van der Waals surface area contributed by atoms with E-state index in [4.69, 9.17) is 4.74 Å². The standard InChI is InChI=1S/C15H17NOS/c1-10-7-8-14(18-10)15(16-2)13-9-11-5-3-4-6-12(11)17-13/h3-8,13,15-16H,9H2,1-2H3. The summed E-state index contributed by atoms with van der Waals surface area (Å²) >= 11 is 1.84. The molecule has 0 aliphatic carbocycles. The van der Waals surface area contributed by atoms with E-state index in [0.717, 1.165) is 12.2 Å². The van der Waals surface area contributed by atoms with Crippen molar-refractivity contribution in [3.8, 4) is 5.75 Å². The summed E-state index contributed by atoms with van der Waals surface area (Å²) < 4.78 is 6.07. The maximum absolute atomic E-state index is 6.07. The quantitative estimate of drug-likeness (QED) is 0.913. The van der Waals surface area contributed by atoms with Gasteiger partial charge in [0.05, 0.1) is 6.04 Å². The number of rotatable bonds is 3. The topological polar surface area (TPSA) is 21.3 Å². The van der Waals surface area contributed by atoms with Gasteiger partial charge in [0.15, 0.2) is 0 Å². The summed E-state index contributed by atoms with van der Waals surface area (Å²) in [5.74, 6) is 1.04. The number of hydrogen-bond acceptors (Lipinski definition) is 3. The van der Waals surface area contributed by atoms with Crippen molar-refractivity contribution in [2.75, 3.05) is 7.05 Å². The molecule has 1 aromatic heterocycles. The molecule has 0 bridgehead atoms. The molecule has 3 heteroatoms. The lowest BCUT2D eigenvalue weighted by molar-refractivity contribution is 0.185. The molecular formula is C15H17NOS.